The molecule has 0 aliphatic heterocycles. The molecule has 176 valence electrons. The van der Waals surface area contributed by atoms with E-state index in [1.54, 1.807) is 30.2 Å². The summed E-state index contributed by atoms with van der Waals surface area (Å²) in [4.78, 5) is 19.7. The predicted molar refractivity (Wildman–Crippen MR) is 138 cm³/mol. The Bertz CT molecular complexity index is 806. The van der Waals surface area contributed by atoms with Gasteiger partial charge in [-0.05, 0) is 72.8 Å². The average molecular weight is 458 g/mol. The van der Waals surface area contributed by atoms with Gasteiger partial charge in [0.05, 0.1) is 0 Å². The Hall–Kier alpha value is -2.34. The van der Waals surface area contributed by atoms with E-state index in [0.717, 1.165) is 37.9 Å². The first-order valence-electron chi connectivity index (χ1n) is 11.2. The number of aromatic nitrogens is 2. The van der Waals surface area contributed by atoms with E-state index in [2.05, 4.69) is 74.2 Å². The molecule has 1 unspecified atom stereocenters. The maximum atomic E-state index is 11.6. The van der Waals surface area contributed by atoms with Crippen molar-refractivity contribution in [3.05, 3.63) is 65.1 Å². The van der Waals surface area contributed by atoms with Crippen LogP contribution >= 0.6 is 11.8 Å². The molecule has 0 saturated carbocycles. The van der Waals surface area contributed by atoms with Crippen LogP contribution in [0.25, 0.3) is 0 Å². The highest BCUT2D eigenvalue weighted by atomic mass is 32.2. The monoisotopic (exact) mass is 457 g/mol. The van der Waals surface area contributed by atoms with Gasteiger partial charge in [0.25, 0.3) is 0 Å². The van der Waals surface area contributed by atoms with Gasteiger partial charge in [0.1, 0.15) is 6.04 Å². The fourth-order valence-electron chi connectivity index (χ4n) is 2.88. The van der Waals surface area contributed by atoms with Crippen LogP contribution in [-0.2, 0) is 4.79 Å². The average Bonchev–Trinajstić information content (AvgIpc) is 2.73. The van der Waals surface area contributed by atoms with Gasteiger partial charge >= 0.3 is 5.97 Å². The summed E-state index contributed by atoms with van der Waals surface area (Å²) in [5, 5.41) is 12.4. The van der Waals surface area contributed by atoms with E-state index in [1.165, 1.54) is 22.3 Å². The molecule has 1 rings (SSSR count). The second-order valence-corrected chi connectivity index (χ2v) is 9.48. The van der Waals surface area contributed by atoms with E-state index < -0.39 is 12.0 Å². The molecule has 1 heterocycles. The lowest BCUT2D eigenvalue weighted by Crippen LogP contribution is -2.32. The van der Waals surface area contributed by atoms with Crippen LogP contribution in [0.2, 0.25) is 0 Å². The number of carbonyl (C=O) groups is 1. The van der Waals surface area contributed by atoms with Crippen LogP contribution in [-0.4, -0.2) is 38.6 Å². The number of hydrogen-bond acceptors (Lipinski definition) is 5. The van der Waals surface area contributed by atoms with Crippen LogP contribution < -0.4 is 5.32 Å². The molecule has 0 bridgehead atoms. The number of anilines is 1. The smallest absolute Gasteiger partial charge is 0.327 e. The van der Waals surface area contributed by atoms with Crippen LogP contribution in [0.5, 0.6) is 0 Å². The van der Waals surface area contributed by atoms with Crippen LogP contribution in [0.15, 0.2) is 65.1 Å². The quantitative estimate of drug-likeness (QED) is 0.222. The molecule has 0 aliphatic carbocycles. The Morgan fingerprint density at radius 2 is 1.66 bits per heavy atom. The van der Waals surface area contributed by atoms with E-state index in [0.29, 0.717) is 11.7 Å². The number of carboxylic acids is 1. The Labute approximate surface area is 198 Å². The summed E-state index contributed by atoms with van der Waals surface area (Å²) in [6, 6.07) is 0.984. The Kier molecular flexibility index (Phi) is 14.1. The topological polar surface area (TPSA) is 75.1 Å². The van der Waals surface area contributed by atoms with Gasteiger partial charge in [0.2, 0.25) is 5.95 Å². The lowest BCUT2D eigenvalue weighted by molar-refractivity contribution is -0.137. The molecule has 32 heavy (non-hydrogen) atoms. The third-order valence-corrected chi connectivity index (χ3v) is 5.73. The predicted octanol–water partition coefficient (Wildman–Crippen LogP) is 6.83. The van der Waals surface area contributed by atoms with Gasteiger partial charge < -0.3 is 10.4 Å². The molecular formula is C26H39N3O2S. The number of allylic oxidation sites excluding steroid dienone is 7. The molecule has 2 N–H and O–H groups in total. The number of aliphatic carboxylic acids is 1. The maximum Gasteiger partial charge on any atom is 0.327 e. The number of nitrogens with zero attached hydrogens (tertiary/aromatic N) is 2. The molecule has 0 radical (unpaired) electrons. The fraction of sp³-hybridized carbons (Fsp3) is 0.500. The molecule has 0 aromatic carbocycles. The van der Waals surface area contributed by atoms with Crippen molar-refractivity contribution < 1.29 is 9.90 Å². The van der Waals surface area contributed by atoms with Crippen molar-refractivity contribution >= 4 is 23.7 Å². The van der Waals surface area contributed by atoms with Gasteiger partial charge in [0, 0.05) is 23.9 Å². The molecule has 0 saturated heterocycles. The Morgan fingerprint density at radius 3 is 2.28 bits per heavy atom. The maximum absolute atomic E-state index is 11.6. The minimum Gasteiger partial charge on any atom is -0.480 e. The van der Waals surface area contributed by atoms with Crippen LogP contribution in [0.1, 0.15) is 66.7 Å². The van der Waals surface area contributed by atoms with Crippen molar-refractivity contribution in [1.82, 2.24) is 9.97 Å². The van der Waals surface area contributed by atoms with Gasteiger partial charge in [-0.2, -0.15) is 11.8 Å². The highest BCUT2D eigenvalue weighted by Gasteiger charge is 2.17. The van der Waals surface area contributed by atoms with Crippen molar-refractivity contribution in [1.29, 1.82) is 0 Å². The molecule has 0 aliphatic rings. The number of nitrogens with one attached hydrogen (secondary N) is 1. The van der Waals surface area contributed by atoms with Crippen molar-refractivity contribution in [3.8, 4) is 0 Å². The van der Waals surface area contributed by atoms with Gasteiger partial charge in [-0.3, -0.25) is 0 Å². The molecule has 5 nitrogen and oxygen atoms in total. The van der Waals surface area contributed by atoms with Gasteiger partial charge in [-0.25, -0.2) is 14.8 Å². The zero-order valence-electron chi connectivity index (χ0n) is 20.2. The molecule has 1 aromatic rings. The molecule has 1 atom stereocenters. The molecule has 0 amide bonds. The largest absolute Gasteiger partial charge is 0.480 e. The van der Waals surface area contributed by atoms with Crippen LogP contribution in [0.4, 0.5) is 5.95 Å². The molecule has 0 spiro atoms. The number of hydrogen-bond donors (Lipinski definition) is 2. The summed E-state index contributed by atoms with van der Waals surface area (Å²) in [5.41, 5.74) is 5.53. The van der Waals surface area contributed by atoms with Crippen molar-refractivity contribution in [2.45, 2.75) is 72.8 Å². The highest BCUT2D eigenvalue weighted by molar-refractivity contribution is 7.99. The van der Waals surface area contributed by atoms with E-state index >= 15 is 0 Å². The van der Waals surface area contributed by atoms with Crippen molar-refractivity contribution in [3.63, 3.8) is 0 Å². The Morgan fingerprint density at radius 1 is 1.00 bits per heavy atom. The Balaban J connectivity index is 2.58. The summed E-state index contributed by atoms with van der Waals surface area (Å²) < 4.78 is 0. The summed E-state index contributed by atoms with van der Waals surface area (Å²) in [5.74, 6) is 0.680. The molecular weight excluding hydrogens is 418 g/mol. The minimum atomic E-state index is -0.896. The lowest BCUT2D eigenvalue weighted by Gasteiger charge is -2.13. The van der Waals surface area contributed by atoms with Crippen LogP contribution in [0, 0.1) is 0 Å². The van der Waals surface area contributed by atoms with Gasteiger partial charge in [-0.15, -0.1) is 0 Å². The number of thioether (sulfide) groups is 1. The van der Waals surface area contributed by atoms with Crippen LogP contribution in [0.3, 0.4) is 0 Å². The highest BCUT2D eigenvalue weighted by Crippen LogP contribution is 2.17. The third-order valence-electron chi connectivity index (χ3n) is 4.76. The number of carboxylic acid groups (broad SMARTS) is 1. The van der Waals surface area contributed by atoms with E-state index in [-0.39, 0.29) is 0 Å². The normalized spacial score (nSPS) is 12.8. The fourth-order valence-corrected chi connectivity index (χ4v) is 3.84. The third kappa shape index (κ3) is 13.9. The van der Waals surface area contributed by atoms with E-state index in [4.69, 9.17) is 0 Å². The second kappa shape index (κ2) is 16.3. The molecule has 1 aromatic heterocycles. The summed E-state index contributed by atoms with van der Waals surface area (Å²) in [6.07, 6.45) is 17.6. The SMILES string of the molecule is CC(C)=CCC/C(C)=C/CC/C(=C/CSCC(Nc1ncccn1)C(=O)O)CC=C(C)C. The molecule has 6 heteroatoms. The van der Waals surface area contributed by atoms with E-state index in [1.807, 2.05) is 0 Å². The van der Waals surface area contributed by atoms with Crippen molar-refractivity contribution in [2.24, 2.45) is 0 Å². The van der Waals surface area contributed by atoms with E-state index in [9.17, 15) is 9.90 Å². The second-order valence-electron chi connectivity index (χ2n) is 8.40. The summed E-state index contributed by atoms with van der Waals surface area (Å²) >= 11 is 1.61. The summed E-state index contributed by atoms with van der Waals surface area (Å²) in [7, 11) is 0. The zero-order chi connectivity index (χ0) is 23.8. The first kappa shape index (κ1) is 27.7. The lowest BCUT2D eigenvalue weighted by atomic mass is 10.0. The first-order chi connectivity index (χ1) is 15.3. The van der Waals surface area contributed by atoms with Gasteiger partial charge in [0.15, 0.2) is 0 Å². The van der Waals surface area contributed by atoms with Gasteiger partial charge in [-0.1, -0.05) is 46.6 Å². The first-order valence-corrected chi connectivity index (χ1v) is 12.4. The minimum absolute atomic E-state index is 0.340. The standard InChI is InChI=1S/C26H39N3O2S/c1-20(2)9-6-10-22(5)11-7-12-23(14-13-21(3)4)15-18-32-19-24(25(30)31)29-26-27-16-8-17-28-26/h8-9,11,13,15-17,24H,6-7,10,12,14,18-19H2,1-5H3,(H,30,31)(H,27,28,29)/b22-11+,23-15-. The van der Waals surface area contributed by atoms with Crippen molar-refractivity contribution in [2.75, 3.05) is 16.8 Å². The zero-order valence-corrected chi connectivity index (χ0v) is 21.0. The summed E-state index contributed by atoms with van der Waals surface area (Å²) in [6.45, 7) is 10.7. The number of rotatable bonds is 15. The molecule has 0 fully saturated rings.